The van der Waals surface area contributed by atoms with Gasteiger partial charge in [0.1, 0.15) is 0 Å². The number of carbonyl (C=O) groups excluding carboxylic acids is 4. The third-order valence-corrected chi connectivity index (χ3v) is 8.26. The van der Waals surface area contributed by atoms with Gasteiger partial charge in [-0.3, -0.25) is 19.2 Å². The predicted molar refractivity (Wildman–Crippen MR) is 154 cm³/mol. The van der Waals surface area contributed by atoms with Crippen LogP contribution in [-0.4, -0.2) is 88.3 Å². The average Bonchev–Trinajstić information content (AvgIpc) is 3.81. The van der Waals surface area contributed by atoms with Crippen molar-refractivity contribution in [1.82, 2.24) is 15.5 Å². The van der Waals surface area contributed by atoms with Crippen molar-refractivity contribution >= 4 is 23.7 Å². The highest BCUT2D eigenvalue weighted by Crippen LogP contribution is 2.43. The molecule has 2 bridgehead atoms. The van der Waals surface area contributed by atoms with Crippen LogP contribution < -0.4 is 20.1 Å². The minimum Gasteiger partial charge on any atom is -0.493 e. The van der Waals surface area contributed by atoms with Gasteiger partial charge in [-0.2, -0.15) is 0 Å². The zero-order valence-corrected chi connectivity index (χ0v) is 24.9. The van der Waals surface area contributed by atoms with E-state index in [-0.39, 0.29) is 62.3 Å². The summed E-state index contributed by atoms with van der Waals surface area (Å²) in [6.45, 7) is 4.03. The van der Waals surface area contributed by atoms with Crippen LogP contribution in [0.1, 0.15) is 57.4 Å². The number of hydrogen-bond acceptors (Lipinski definition) is 8. The molecule has 1 unspecified atom stereocenters. The molecule has 1 saturated carbocycles. The van der Waals surface area contributed by atoms with Gasteiger partial charge in [0.15, 0.2) is 18.1 Å². The van der Waals surface area contributed by atoms with Crippen molar-refractivity contribution in [2.45, 2.75) is 58.3 Å². The minimum atomic E-state index is -0.952. The van der Waals surface area contributed by atoms with E-state index >= 15 is 0 Å². The normalized spacial score (nSPS) is 23.4. The molecule has 11 nitrogen and oxygen atoms in total. The highest BCUT2D eigenvalue weighted by molar-refractivity contribution is 5.81. The Kier molecular flexibility index (Phi) is 11.5. The van der Waals surface area contributed by atoms with Crippen molar-refractivity contribution in [2.24, 2.45) is 17.3 Å². The van der Waals surface area contributed by atoms with Crippen LogP contribution in [0.25, 0.3) is 0 Å². The second kappa shape index (κ2) is 15.2. The number of hydrogen-bond donors (Lipinski definition) is 2. The fourth-order valence-electron chi connectivity index (χ4n) is 5.77. The van der Waals surface area contributed by atoms with Crippen LogP contribution in [0.3, 0.4) is 0 Å². The smallest absolute Gasteiger partial charge is 0.314 e. The molecule has 2 aliphatic heterocycles. The summed E-state index contributed by atoms with van der Waals surface area (Å²) in [7, 11) is 1.52. The number of esters is 1. The van der Waals surface area contributed by atoms with E-state index in [0.717, 1.165) is 18.4 Å². The number of amides is 3. The van der Waals surface area contributed by atoms with E-state index < -0.39 is 5.41 Å². The molecular weight excluding hydrogens is 542 g/mol. The highest BCUT2D eigenvalue weighted by atomic mass is 16.5. The molecule has 2 fully saturated rings. The molecule has 11 heteroatoms. The number of carbonyl (C=O) groups is 4. The molecule has 1 aromatic rings. The van der Waals surface area contributed by atoms with Gasteiger partial charge in [-0.25, -0.2) is 0 Å². The summed E-state index contributed by atoms with van der Waals surface area (Å²) in [5.74, 6) is 0.302. The number of nitrogens with zero attached hydrogens (tertiary/aromatic N) is 1. The van der Waals surface area contributed by atoms with Gasteiger partial charge in [-0.15, -0.1) is 0 Å². The topological polar surface area (TPSA) is 133 Å². The zero-order valence-electron chi connectivity index (χ0n) is 24.9. The molecule has 3 aliphatic rings. The average molecular weight is 588 g/mol. The van der Waals surface area contributed by atoms with Crippen LogP contribution >= 0.6 is 0 Å². The number of fused-ring (bicyclic) bond motifs is 2. The van der Waals surface area contributed by atoms with E-state index in [4.69, 9.17) is 18.9 Å². The Morgan fingerprint density at radius 1 is 1.07 bits per heavy atom. The first kappa shape index (κ1) is 31.6. The second-order valence-electron chi connectivity index (χ2n) is 11.5. The molecule has 1 aliphatic carbocycles. The summed E-state index contributed by atoms with van der Waals surface area (Å²) in [6, 6.07) is 5.41. The molecule has 3 amide bonds. The van der Waals surface area contributed by atoms with Crippen LogP contribution in [0.15, 0.2) is 18.2 Å². The molecular formula is C31H45N3O8. The third-order valence-electron chi connectivity index (χ3n) is 8.26. The van der Waals surface area contributed by atoms with Crippen LogP contribution in [0.4, 0.5) is 0 Å². The molecule has 1 saturated heterocycles. The minimum absolute atomic E-state index is 0.0194. The van der Waals surface area contributed by atoms with Crippen LogP contribution in [0, 0.1) is 17.3 Å². The van der Waals surface area contributed by atoms with Crippen molar-refractivity contribution in [2.75, 3.05) is 59.7 Å². The largest absolute Gasteiger partial charge is 0.493 e. The Labute approximate surface area is 247 Å². The third kappa shape index (κ3) is 8.83. The Balaban J connectivity index is 1.57. The number of rotatable bonds is 6. The molecule has 232 valence electrons. The monoisotopic (exact) mass is 587 g/mol. The van der Waals surface area contributed by atoms with E-state index in [0.29, 0.717) is 75.8 Å². The fourth-order valence-corrected chi connectivity index (χ4v) is 5.77. The lowest BCUT2D eigenvalue weighted by Gasteiger charge is -2.32. The number of ether oxygens (including phenoxy) is 4. The fraction of sp³-hybridized carbons (Fsp3) is 0.677. The van der Waals surface area contributed by atoms with E-state index in [2.05, 4.69) is 10.6 Å². The molecule has 0 radical (unpaired) electrons. The van der Waals surface area contributed by atoms with Crippen LogP contribution in [0.2, 0.25) is 0 Å². The van der Waals surface area contributed by atoms with Gasteiger partial charge >= 0.3 is 5.97 Å². The van der Waals surface area contributed by atoms with Gasteiger partial charge < -0.3 is 34.5 Å². The lowest BCUT2D eigenvalue weighted by molar-refractivity contribution is -0.156. The molecule has 0 aromatic heterocycles. The Bertz CT molecular complexity index is 1100. The summed E-state index contributed by atoms with van der Waals surface area (Å²) in [6.07, 6.45) is 5.02. The highest BCUT2D eigenvalue weighted by Gasteiger charge is 2.45. The van der Waals surface area contributed by atoms with Gasteiger partial charge in [-0.05, 0) is 62.6 Å². The first-order valence-corrected chi connectivity index (χ1v) is 15.2. The maximum atomic E-state index is 13.5. The van der Waals surface area contributed by atoms with Gasteiger partial charge in [0.25, 0.3) is 5.91 Å². The van der Waals surface area contributed by atoms with E-state index in [9.17, 15) is 19.2 Å². The molecule has 1 atom stereocenters. The number of benzene rings is 1. The zero-order chi connectivity index (χ0) is 30.0. The summed E-state index contributed by atoms with van der Waals surface area (Å²) >= 11 is 0. The Morgan fingerprint density at radius 2 is 1.86 bits per heavy atom. The number of nitrogens with one attached hydrogen (secondary N) is 2. The molecule has 4 rings (SSSR count). The first-order chi connectivity index (χ1) is 20.3. The summed E-state index contributed by atoms with van der Waals surface area (Å²) in [4.78, 5) is 54.3. The van der Waals surface area contributed by atoms with Crippen molar-refractivity contribution in [3.63, 3.8) is 0 Å². The maximum absolute atomic E-state index is 13.5. The summed E-state index contributed by atoms with van der Waals surface area (Å²) < 4.78 is 22.3. The summed E-state index contributed by atoms with van der Waals surface area (Å²) in [5.41, 5.74) is -0.135. The number of methoxy groups -OCH3 is 1. The van der Waals surface area contributed by atoms with E-state index in [1.807, 2.05) is 6.07 Å². The van der Waals surface area contributed by atoms with Gasteiger partial charge in [-0.1, -0.05) is 18.9 Å². The molecule has 2 N–H and O–H groups in total. The van der Waals surface area contributed by atoms with E-state index in [1.165, 1.54) is 7.11 Å². The lowest BCUT2D eigenvalue weighted by Crippen LogP contribution is -2.46. The van der Waals surface area contributed by atoms with Crippen molar-refractivity contribution in [1.29, 1.82) is 0 Å². The molecule has 42 heavy (non-hydrogen) atoms. The second-order valence-corrected chi connectivity index (χ2v) is 11.5. The summed E-state index contributed by atoms with van der Waals surface area (Å²) in [5, 5.41) is 5.86. The standard InChI is InChI=1S/C31H45N3O8/c1-3-41-30(38)31(18-22-6-7-22)19-23-8-9-25(39-2)26(17-23)42-20-28(36)32-12-14-34(13-4-5-27(35)33-21-31)29(37)24-10-15-40-16-11-24/h8-9,17,22,24H,3-7,10-16,18-21H2,1-2H3,(H,32,36)(H,33,35). The SMILES string of the molecule is CCOC(=O)C1(CC2CC2)CNC(=O)CCCN(C(=O)C2CCOCC2)CCNC(=O)COc2cc(ccc2OC)C1. The van der Waals surface area contributed by atoms with Crippen molar-refractivity contribution in [3.8, 4) is 11.5 Å². The van der Waals surface area contributed by atoms with Crippen molar-refractivity contribution < 1.29 is 38.1 Å². The van der Waals surface area contributed by atoms with Gasteiger partial charge in [0.2, 0.25) is 11.8 Å². The van der Waals surface area contributed by atoms with Crippen molar-refractivity contribution in [3.05, 3.63) is 23.8 Å². The Morgan fingerprint density at radius 3 is 2.57 bits per heavy atom. The van der Waals surface area contributed by atoms with Crippen LogP contribution in [0.5, 0.6) is 11.5 Å². The predicted octanol–water partition coefficient (Wildman–Crippen LogP) is 2.25. The molecule has 2 heterocycles. The quantitative estimate of drug-likeness (QED) is 0.485. The first-order valence-electron chi connectivity index (χ1n) is 15.2. The molecule has 0 spiro atoms. The molecule has 1 aromatic carbocycles. The van der Waals surface area contributed by atoms with E-state index in [1.54, 1.807) is 24.0 Å². The van der Waals surface area contributed by atoms with Crippen LogP contribution in [-0.2, 0) is 35.1 Å². The van der Waals surface area contributed by atoms with Gasteiger partial charge in [0, 0.05) is 51.7 Å². The lowest BCUT2D eigenvalue weighted by atomic mass is 9.76. The Hall–Kier alpha value is -3.34. The van der Waals surface area contributed by atoms with Gasteiger partial charge in [0.05, 0.1) is 19.1 Å². The maximum Gasteiger partial charge on any atom is 0.314 e.